The molecule has 1 aliphatic heterocycles. The van der Waals surface area contributed by atoms with E-state index in [0.717, 1.165) is 5.56 Å². The number of benzene rings is 2. The molecule has 0 N–H and O–H groups in total. The topological polar surface area (TPSA) is 40.6 Å². The molecule has 0 saturated carbocycles. The average Bonchev–Trinajstić information content (AvgIpc) is 2.66. The van der Waals surface area contributed by atoms with E-state index in [4.69, 9.17) is 0 Å². The normalized spacial score (nSPS) is 14.8. The zero-order valence-electron chi connectivity index (χ0n) is 14.4. The lowest BCUT2D eigenvalue weighted by Crippen LogP contribution is -2.50. The molecule has 1 fully saturated rings. The molecule has 0 spiro atoms. The molecule has 0 bridgehead atoms. The van der Waals surface area contributed by atoms with Crippen molar-refractivity contribution in [2.45, 2.75) is 6.92 Å². The first-order chi connectivity index (χ1) is 12.1. The van der Waals surface area contributed by atoms with Gasteiger partial charge < -0.3 is 9.80 Å². The van der Waals surface area contributed by atoms with Crippen molar-refractivity contribution in [1.29, 1.82) is 0 Å². The summed E-state index contributed by atoms with van der Waals surface area (Å²) in [5.41, 5.74) is 2.88. The summed E-state index contributed by atoms with van der Waals surface area (Å²) in [6.07, 6.45) is 3.46. The molecule has 0 aromatic heterocycles. The molecule has 2 aromatic rings. The second-order valence-electron chi connectivity index (χ2n) is 6.23. The van der Waals surface area contributed by atoms with Crippen LogP contribution in [0.3, 0.4) is 0 Å². The van der Waals surface area contributed by atoms with Crippen LogP contribution in [0.2, 0.25) is 0 Å². The summed E-state index contributed by atoms with van der Waals surface area (Å²) < 4.78 is 0. The molecule has 4 nitrogen and oxygen atoms in total. The Hall–Kier alpha value is -2.88. The number of aryl methyl sites for hydroxylation is 1. The summed E-state index contributed by atoms with van der Waals surface area (Å²) in [7, 11) is 0. The molecule has 2 amide bonds. The zero-order chi connectivity index (χ0) is 17.6. The Labute approximate surface area is 148 Å². The van der Waals surface area contributed by atoms with Crippen molar-refractivity contribution in [3.8, 4) is 0 Å². The largest absolute Gasteiger partial charge is 0.336 e. The second kappa shape index (κ2) is 7.79. The standard InChI is InChI=1S/C21H22N2O2/c1-17-6-5-7-18(16-17)10-11-20(24)22-12-14-23(15-13-22)21(25)19-8-3-2-4-9-19/h2-11,16H,12-15H2,1H3/b11-10+. The molecular weight excluding hydrogens is 312 g/mol. The van der Waals surface area contributed by atoms with E-state index < -0.39 is 0 Å². The van der Waals surface area contributed by atoms with Gasteiger partial charge in [-0.1, -0.05) is 48.0 Å². The van der Waals surface area contributed by atoms with Gasteiger partial charge in [-0.05, 0) is 30.7 Å². The van der Waals surface area contributed by atoms with Gasteiger partial charge in [0, 0.05) is 37.8 Å². The van der Waals surface area contributed by atoms with Gasteiger partial charge >= 0.3 is 0 Å². The molecule has 0 unspecified atom stereocenters. The van der Waals surface area contributed by atoms with E-state index in [1.807, 2.05) is 72.5 Å². The summed E-state index contributed by atoms with van der Waals surface area (Å²) in [5.74, 6) is 0.0244. The van der Waals surface area contributed by atoms with E-state index in [0.29, 0.717) is 31.7 Å². The maximum absolute atomic E-state index is 12.4. The number of hydrogen-bond donors (Lipinski definition) is 0. The van der Waals surface area contributed by atoms with Crippen molar-refractivity contribution < 1.29 is 9.59 Å². The van der Waals surface area contributed by atoms with Crippen molar-refractivity contribution in [2.75, 3.05) is 26.2 Å². The molecule has 2 aromatic carbocycles. The van der Waals surface area contributed by atoms with Crippen LogP contribution in [0, 0.1) is 6.92 Å². The first-order valence-corrected chi connectivity index (χ1v) is 8.51. The highest BCUT2D eigenvalue weighted by molar-refractivity contribution is 5.95. The molecule has 0 radical (unpaired) electrons. The van der Waals surface area contributed by atoms with Gasteiger partial charge in [0.1, 0.15) is 0 Å². The summed E-state index contributed by atoms with van der Waals surface area (Å²) in [4.78, 5) is 28.4. The highest BCUT2D eigenvalue weighted by atomic mass is 16.2. The average molecular weight is 334 g/mol. The molecule has 1 aliphatic rings. The Morgan fingerprint density at radius 2 is 1.56 bits per heavy atom. The van der Waals surface area contributed by atoms with Gasteiger partial charge in [0.2, 0.25) is 5.91 Å². The predicted molar refractivity (Wildman–Crippen MR) is 99.1 cm³/mol. The summed E-state index contributed by atoms with van der Waals surface area (Å²) >= 11 is 0. The quantitative estimate of drug-likeness (QED) is 0.810. The molecular formula is C21H22N2O2. The summed E-state index contributed by atoms with van der Waals surface area (Å²) in [6.45, 7) is 4.29. The predicted octanol–water partition coefficient (Wildman–Crippen LogP) is 2.99. The molecule has 1 saturated heterocycles. The summed E-state index contributed by atoms with van der Waals surface area (Å²) in [6, 6.07) is 17.3. The van der Waals surface area contributed by atoms with Crippen LogP contribution >= 0.6 is 0 Å². The van der Waals surface area contributed by atoms with Crippen LogP contribution in [0.1, 0.15) is 21.5 Å². The Morgan fingerprint density at radius 1 is 0.880 bits per heavy atom. The minimum atomic E-state index is -0.00619. The maximum Gasteiger partial charge on any atom is 0.253 e. The Kier molecular flexibility index (Phi) is 5.29. The Morgan fingerprint density at radius 3 is 2.24 bits per heavy atom. The molecule has 1 heterocycles. The van der Waals surface area contributed by atoms with Crippen molar-refractivity contribution in [2.24, 2.45) is 0 Å². The number of hydrogen-bond acceptors (Lipinski definition) is 2. The first kappa shape index (κ1) is 17.0. The van der Waals surface area contributed by atoms with E-state index in [9.17, 15) is 9.59 Å². The summed E-state index contributed by atoms with van der Waals surface area (Å²) in [5, 5.41) is 0. The highest BCUT2D eigenvalue weighted by Gasteiger charge is 2.23. The number of carbonyl (C=O) groups is 2. The van der Waals surface area contributed by atoms with Gasteiger partial charge in [-0.3, -0.25) is 9.59 Å². The maximum atomic E-state index is 12.4. The van der Waals surface area contributed by atoms with Crippen LogP contribution < -0.4 is 0 Å². The van der Waals surface area contributed by atoms with Crippen molar-refractivity contribution in [1.82, 2.24) is 9.80 Å². The van der Waals surface area contributed by atoms with Gasteiger partial charge in [-0.25, -0.2) is 0 Å². The third kappa shape index (κ3) is 4.35. The fourth-order valence-electron chi connectivity index (χ4n) is 2.94. The van der Waals surface area contributed by atoms with Gasteiger partial charge in [-0.2, -0.15) is 0 Å². The Balaban J connectivity index is 1.55. The number of amides is 2. The lowest BCUT2D eigenvalue weighted by Gasteiger charge is -2.34. The zero-order valence-corrected chi connectivity index (χ0v) is 14.4. The smallest absolute Gasteiger partial charge is 0.253 e. The second-order valence-corrected chi connectivity index (χ2v) is 6.23. The van der Waals surface area contributed by atoms with Crippen molar-refractivity contribution in [3.05, 3.63) is 77.4 Å². The van der Waals surface area contributed by atoms with Crippen LogP contribution in [0.5, 0.6) is 0 Å². The van der Waals surface area contributed by atoms with Crippen LogP contribution in [0.4, 0.5) is 0 Å². The fourth-order valence-corrected chi connectivity index (χ4v) is 2.94. The van der Waals surface area contributed by atoms with Gasteiger partial charge in [0.05, 0.1) is 0 Å². The van der Waals surface area contributed by atoms with Gasteiger partial charge in [0.25, 0.3) is 5.91 Å². The van der Waals surface area contributed by atoms with Crippen LogP contribution in [-0.2, 0) is 4.79 Å². The van der Waals surface area contributed by atoms with Crippen LogP contribution in [-0.4, -0.2) is 47.8 Å². The lowest BCUT2D eigenvalue weighted by molar-refractivity contribution is -0.127. The van der Waals surface area contributed by atoms with Crippen molar-refractivity contribution >= 4 is 17.9 Å². The number of piperazine rings is 1. The molecule has 0 atom stereocenters. The highest BCUT2D eigenvalue weighted by Crippen LogP contribution is 2.10. The first-order valence-electron chi connectivity index (χ1n) is 8.51. The van der Waals surface area contributed by atoms with Gasteiger partial charge in [-0.15, -0.1) is 0 Å². The molecule has 128 valence electrons. The van der Waals surface area contributed by atoms with Crippen LogP contribution in [0.15, 0.2) is 60.7 Å². The third-order valence-corrected chi connectivity index (χ3v) is 4.36. The van der Waals surface area contributed by atoms with Gasteiger partial charge in [0.15, 0.2) is 0 Å². The molecule has 25 heavy (non-hydrogen) atoms. The van der Waals surface area contributed by atoms with E-state index >= 15 is 0 Å². The minimum Gasteiger partial charge on any atom is -0.336 e. The lowest BCUT2D eigenvalue weighted by atomic mass is 10.1. The van der Waals surface area contributed by atoms with E-state index in [1.165, 1.54) is 5.56 Å². The fraction of sp³-hybridized carbons (Fsp3) is 0.238. The van der Waals surface area contributed by atoms with E-state index in [1.54, 1.807) is 11.0 Å². The number of rotatable bonds is 3. The SMILES string of the molecule is Cc1cccc(/C=C/C(=O)N2CCN(C(=O)c3ccccc3)CC2)c1. The Bertz CT molecular complexity index is 775. The monoisotopic (exact) mass is 334 g/mol. The third-order valence-electron chi connectivity index (χ3n) is 4.36. The van der Waals surface area contributed by atoms with Crippen molar-refractivity contribution in [3.63, 3.8) is 0 Å². The minimum absolute atomic E-state index is 0.00619. The number of carbonyl (C=O) groups excluding carboxylic acids is 2. The molecule has 0 aliphatic carbocycles. The molecule has 3 rings (SSSR count). The van der Waals surface area contributed by atoms with E-state index in [-0.39, 0.29) is 11.8 Å². The molecule has 4 heteroatoms. The van der Waals surface area contributed by atoms with E-state index in [2.05, 4.69) is 0 Å². The number of nitrogens with zero attached hydrogens (tertiary/aromatic N) is 2. The van der Waals surface area contributed by atoms with Crippen LogP contribution in [0.25, 0.3) is 6.08 Å².